The van der Waals surface area contributed by atoms with Gasteiger partial charge in [0.25, 0.3) is 0 Å². The molecule has 0 saturated carbocycles. The first-order chi connectivity index (χ1) is 23.3. The van der Waals surface area contributed by atoms with Crippen LogP contribution in [0.3, 0.4) is 0 Å². The predicted octanol–water partition coefficient (Wildman–Crippen LogP) is 11.3. The van der Waals surface area contributed by atoms with Gasteiger partial charge in [0.05, 0.1) is 0 Å². The minimum atomic E-state index is 0.603. The number of hydrogen-bond acceptors (Lipinski definition) is 4. The van der Waals surface area contributed by atoms with Gasteiger partial charge in [-0.2, -0.15) is 0 Å². The van der Waals surface area contributed by atoms with Crippen molar-refractivity contribution in [3.05, 3.63) is 164 Å². The average Bonchev–Trinajstić information content (AvgIpc) is 3.55. The molecule has 9 aromatic rings. The van der Waals surface area contributed by atoms with Crippen molar-refractivity contribution in [2.75, 3.05) is 0 Å². The van der Waals surface area contributed by atoms with Gasteiger partial charge in [0, 0.05) is 33.0 Å². The molecule has 0 radical (unpaired) electrons. The van der Waals surface area contributed by atoms with E-state index >= 15 is 0 Å². The molecule has 47 heavy (non-hydrogen) atoms. The van der Waals surface area contributed by atoms with Crippen molar-refractivity contribution < 1.29 is 4.42 Å². The Hall–Kier alpha value is -6.39. The van der Waals surface area contributed by atoms with Crippen molar-refractivity contribution in [1.82, 2.24) is 15.0 Å². The van der Waals surface area contributed by atoms with E-state index in [-0.39, 0.29) is 0 Å². The van der Waals surface area contributed by atoms with Crippen LogP contribution in [0.4, 0.5) is 0 Å². The summed E-state index contributed by atoms with van der Waals surface area (Å²) in [6, 6.07) is 56.4. The molecule has 0 aliphatic rings. The lowest BCUT2D eigenvalue weighted by atomic mass is 9.95. The van der Waals surface area contributed by atoms with E-state index in [1.54, 1.807) is 0 Å². The van der Waals surface area contributed by atoms with Crippen LogP contribution in [-0.2, 0) is 0 Å². The van der Waals surface area contributed by atoms with Gasteiger partial charge in [-0.15, -0.1) is 0 Å². The fourth-order valence-corrected chi connectivity index (χ4v) is 6.41. The van der Waals surface area contributed by atoms with Crippen LogP contribution in [0.5, 0.6) is 0 Å². The number of hydrogen-bond donors (Lipinski definition) is 0. The average molecular weight is 602 g/mol. The lowest BCUT2D eigenvalue weighted by Crippen LogP contribution is -2.00. The fourth-order valence-electron chi connectivity index (χ4n) is 6.41. The molecular weight excluding hydrogens is 574 g/mol. The normalized spacial score (nSPS) is 11.4. The summed E-state index contributed by atoms with van der Waals surface area (Å²) in [6.45, 7) is 0. The second-order valence-corrected chi connectivity index (χ2v) is 11.6. The van der Waals surface area contributed by atoms with Crippen molar-refractivity contribution in [3.63, 3.8) is 0 Å². The molecule has 0 spiro atoms. The van der Waals surface area contributed by atoms with Crippen LogP contribution in [0, 0.1) is 0 Å². The van der Waals surface area contributed by atoms with Gasteiger partial charge in [-0.1, -0.05) is 133 Å². The molecule has 220 valence electrons. The predicted molar refractivity (Wildman–Crippen MR) is 192 cm³/mol. The van der Waals surface area contributed by atoms with E-state index in [0.717, 1.165) is 55.3 Å². The Kier molecular flexibility index (Phi) is 6.43. The van der Waals surface area contributed by atoms with Crippen LogP contribution in [0.2, 0.25) is 0 Å². The van der Waals surface area contributed by atoms with Gasteiger partial charge in [0.15, 0.2) is 17.5 Å². The van der Waals surface area contributed by atoms with Gasteiger partial charge in [-0.25, -0.2) is 15.0 Å². The van der Waals surface area contributed by atoms with E-state index in [1.807, 2.05) is 78.9 Å². The Morgan fingerprint density at radius 1 is 0.362 bits per heavy atom. The zero-order chi connectivity index (χ0) is 31.2. The minimum absolute atomic E-state index is 0.603. The highest BCUT2D eigenvalue weighted by atomic mass is 16.3. The van der Waals surface area contributed by atoms with Crippen LogP contribution in [0.1, 0.15) is 0 Å². The summed E-state index contributed by atoms with van der Waals surface area (Å²) < 4.78 is 6.66. The molecule has 0 fully saturated rings. The SMILES string of the molecule is c1ccc(-c2nc(-c3ccccc3)nc(-c3ccc(-c4cccc(-c5ccc6ccccc6c5)c4)c4oc5ccccc5c34)n2)cc1. The Morgan fingerprint density at radius 2 is 0.936 bits per heavy atom. The highest BCUT2D eigenvalue weighted by molar-refractivity contribution is 6.15. The van der Waals surface area contributed by atoms with Crippen molar-refractivity contribution >= 4 is 32.7 Å². The highest BCUT2D eigenvalue weighted by Crippen LogP contribution is 2.42. The molecule has 0 unspecified atom stereocenters. The third-order valence-corrected chi connectivity index (χ3v) is 8.72. The Bertz CT molecular complexity index is 2510. The molecule has 0 saturated heterocycles. The molecule has 0 aliphatic heterocycles. The van der Waals surface area contributed by atoms with Gasteiger partial charge in [-0.05, 0) is 57.8 Å². The molecular formula is C43H27N3O. The van der Waals surface area contributed by atoms with E-state index in [9.17, 15) is 0 Å². The van der Waals surface area contributed by atoms with Gasteiger partial charge in [-0.3, -0.25) is 0 Å². The third-order valence-electron chi connectivity index (χ3n) is 8.72. The molecule has 0 bridgehead atoms. The summed E-state index contributed by atoms with van der Waals surface area (Å²) in [5, 5.41) is 4.46. The van der Waals surface area contributed by atoms with Crippen LogP contribution in [-0.4, -0.2) is 15.0 Å². The number of para-hydroxylation sites is 1. The first kappa shape index (κ1) is 27.0. The maximum absolute atomic E-state index is 6.66. The fraction of sp³-hybridized carbons (Fsp3) is 0. The second-order valence-electron chi connectivity index (χ2n) is 11.6. The summed E-state index contributed by atoms with van der Waals surface area (Å²) in [5.41, 5.74) is 8.82. The van der Waals surface area contributed by atoms with E-state index in [1.165, 1.54) is 16.3 Å². The van der Waals surface area contributed by atoms with Crippen molar-refractivity contribution in [2.45, 2.75) is 0 Å². The van der Waals surface area contributed by atoms with Crippen LogP contribution in [0.15, 0.2) is 168 Å². The summed E-state index contributed by atoms with van der Waals surface area (Å²) in [4.78, 5) is 15.0. The highest BCUT2D eigenvalue weighted by Gasteiger charge is 2.20. The van der Waals surface area contributed by atoms with E-state index in [4.69, 9.17) is 19.4 Å². The van der Waals surface area contributed by atoms with Crippen molar-refractivity contribution in [1.29, 1.82) is 0 Å². The lowest BCUT2D eigenvalue weighted by molar-refractivity contribution is 0.670. The summed E-state index contributed by atoms with van der Waals surface area (Å²) in [7, 11) is 0. The first-order valence-electron chi connectivity index (χ1n) is 15.7. The van der Waals surface area contributed by atoms with E-state index in [0.29, 0.717) is 17.5 Å². The summed E-state index contributed by atoms with van der Waals surface area (Å²) in [6.07, 6.45) is 0. The van der Waals surface area contributed by atoms with Crippen LogP contribution >= 0.6 is 0 Å². The van der Waals surface area contributed by atoms with Crippen LogP contribution in [0.25, 0.3) is 89.1 Å². The molecule has 4 nitrogen and oxygen atoms in total. The Morgan fingerprint density at radius 3 is 1.70 bits per heavy atom. The molecule has 7 aromatic carbocycles. The monoisotopic (exact) mass is 601 g/mol. The topological polar surface area (TPSA) is 51.8 Å². The summed E-state index contributed by atoms with van der Waals surface area (Å²) in [5.74, 6) is 1.86. The largest absolute Gasteiger partial charge is 0.455 e. The number of rotatable bonds is 5. The zero-order valence-corrected chi connectivity index (χ0v) is 25.3. The quantitative estimate of drug-likeness (QED) is 0.197. The van der Waals surface area contributed by atoms with Gasteiger partial charge in [0.1, 0.15) is 11.2 Å². The number of fused-ring (bicyclic) bond motifs is 4. The molecule has 9 rings (SSSR count). The molecule has 4 heteroatoms. The number of nitrogens with zero attached hydrogens (tertiary/aromatic N) is 3. The Labute approximate surface area is 271 Å². The lowest BCUT2D eigenvalue weighted by Gasteiger charge is -2.11. The standard InChI is InChI=1S/C43H27N3O/c1-3-13-29(14-4-1)41-44-42(30-15-5-2-6-16-30)46-43(45-41)37-25-24-35(40-39(37)36-20-9-10-21-38(36)47-40)34-19-11-18-32(27-34)33-23-22-28-12-7-8-17-31(28)26-33/h1-27H. The molecule has 0 amide bonds. The minimum Gasteiger partial charge on any atom is -0.455 e. The van der Waals surface area contributed by atoms with Gasteiger partial charge in [0.2, 0.25) is 0 Å². The van der Waals surface area contributed by atoms with Crippen molar-refractivity contribution in [3.8, 4) is 56.4 Å². The van der Waals surface area contributed by atoms with E-state index < -0.39 is 0 Å². The van der Waals surface area contributed by atoms with Gasteiger partial charge >= 0.3 is 0 Å². The molecule has 0 atom stereocenters. The van der Waals surface area contributed by atoms with E-state index in [2.05, 4.69) is 84.9 Å². The number of aromatic nitrogens is 3. The number of benzene rings is 7. The maximum atomic E-state index is 6.66. The zero-order valence-electron chi connectivity index (χ0n) is 25.3. The maximum Gasteiger partial charge on any atom is 0.164 e. The third kappa shape index (κ3) is 4.84. The van der Waals surface area contributed by atoms with Crippen molar-refractivity contribution in [2.24, 2.45) is 0 Å². The molecule has 0 aliphatic carbocycles. The first-order valence-corrected chi connectivity index (χ1v) is 15.7. The number of furan rings is 1. The Balaban J connectivity index is 1.25. The van der Waals surface area contributed by atoms with Crippen LogP contribution < -0.4 is 0 Å². The smallest absolute Gasteiger partial charge is 0.164 e. The summed E-state index contributed by atoms with van der Waals surface area (Å²) >= 11 is 0. The molecule has 2 aromatic heterocycles. The molecule has 2 heterocycles. The second kappa shape index (κ2) is 11.2. The van der Waals surface area contributed by atoms with Gasteiger partial charge < -0.3 is 4.42 Å². The molecule has 0 N–H and O–H groups in total.